The molecule has 0 bridgehead atoms. The van der Waals surface area contributed by atoms with Crippen LogP contribution in [-0.2, 0) is 6.42 Å². The van der Waals surface area contributed by atoms with Crippen molar-refractivity contribution in [2.75, 3.05) is 18.1 Å². The van der Waals surface area contributed by atoms with E-state index in [-0.39, 0.29) is 17.6 Å². The van der Waals surface area contributed by atoms with E-state index in [0.717, 1.165) is 30.0 Å². The highest BCUT2D eigenvalue weighted by Gasteiger charge is 2.33. The van der Waals surface area contributed by atoms with E-state index in [0.29, 0.717) is 6.61 Å². The van der Waals surface area contributed by atoms with Gasteiger partial charge in [-0.25, -0.2) is 4.39 Å². The second-order valence-corrected chi connectivity index (χ2v) is 5.27. The average molecular weight is 271 g/mol. The van der Waals surface area contributed by atoms with Crippen LogP contribution in [0.25, 0.3) is 0 Å². The first-order valence-electron chi connectivity index (χ1n) is 6.73. The summed E-state index contributed by atoms with van der Waals surface area (Å²) in [5.41, 5.74) is 3.19. The number of aromatic hydroxyl groups is 1. The van der Waals surface area contributed by atoms with Crippen molar-refractivity contribution < 1.29 is 14.2 Å². The number of phenols is 1. The maximum absolute atomic E-state index is 13.5. The molecule has 102 valence electrons. The Morgan fingerprint density at radius 2 is 2.10 bits per heavy atom. The maximum atomic E-state index is 13.5. The summed E-state index contributed by atoms with van der Waals surface area (Å²) < 4.78 is 19.1. The third-order valence-corrected chi connectivity index (χ3v) is 4.11. The summed E-state index contributed by atoms with van der Waals surface area (Å²) in [7, 11) is 0. The van der Waals surface area contributed by atoms with Gasteiger partial charge in [0.25, 0.3) is 0 Å². The number of halogens is 1. The minimum Gasteiger partial charge on any atom is -0.508 e. The number of rotatable bonds is 1. The number of anilines is 1. The molecular weight excluding hydrogens is 257 g/mol. The van der Waals surface area contributed by atoms with E-state index in [4.69, 9.17) is 4.74 Å². The highest BCUT2D eigenvalue weighted by molar-refractivity contribution is 5.61. The molecule has 0 spiro atoms. The summed E-state index contributed by atoms with van der Waals surface area (Å²) in [5, 5.41) is 9.50. The first-order chi connectivity index (χ1) is 9.72. The number of hydrogen-bond acceptors (Lipinski definition) is 3. The van der Waals surface area contributed by atoms with Crippen molar-refractivity contribution in [1.29, 1.82) is 0 Å². The number of benzene rings is 2. The van der Waals surface area contributed by atoms with E-state index in [9.17, 15) is 9.50 Å². The third kappa shape index (κ3) is 1.64. The number of ether oxygens (including phenoxy) is 1. The quantitative estimate of drug-likeness (QED) is 0.865. The second kappa shape index (κ2) is 4.13. The first kappa shape index (κ1) is 11.6. The van der Waals surface area contributed by atoms with E-state index in [1.54, 1.807) is 18.2 Å². The average Bonchev–Trinajstić information content (AvgIpc) is 3.01. The summed E-state index contributed by atoms with van der Waals surface area (Å²) in [5.74, 6) is 0.720. The van der Waals surface area contributed by atoms with Crippen LogP contribution in [0.5, 0.6) is 11.5 Å². The molecule has 20 heavy (non-hydrogen) atoms. The number of nitrogens with zero attached hydrogens (tertiary/aromatic N) is 1. The molecule has 2 aromatic carbocycles. The zero-order valence-corrected chi connectivity index (χ0v) is 10.8. The molecule has 1 atom stereocenters. The van der Waals surface area contributed by atoms with E-state index in [1.165, 1.54) is 11.6 Å². The van der Waals surface area contributed by atoms with Gasteiger partial charge in [0.2, 0.25) is 0 Å². The molecule has 2 aliphatic heterocycles. The summed E-state index contributed by atoms with van der Waals surface area (Å²) in [6.07, 6.45) is 0.930. The molecule has 0 fully saturated rings. The van der Waals surface area contributed by atoms with Gasteiger partial charge in [-0.2, -0.15) is 0 Å². The van der Waals surface area contributed by atoms with Crippen LogP contribution in [0.4, 0.5) is 10.1 Å². The molecule has 2 aromatic rings. The minimum absolute atomic E-state index is 0.0913. The summed E-state index contributed by atoms with van der Waals surface area (Å²) in [6, 6.07) is 10.3. The molecule has 2 heterocycles. The molecule has 1 unspecified atom stereocenters. The molecule has 4 heteroatoms. The highest BCUT2D eigenvalue weighted by atomic mass is 19.1. The predicted octanol–water partition coefficient (Wildman–Crippen LogP) is 3.03. The Hall–Kier alpha value is -2.23. The molecule has 3 nitrogen and oxygen atoms in total. The Bertz CT molecular complexity index is 686. The first-order valence-corrected chi connectivity index (χ1v) is 6.73. The largest absolute Gasteiger partial charge is 0.508 e. The van der Waals surface area contributed by atoms with Gasteiger partial charge in [-0.3, -0.25) is 0 Å². The van der Waals surface area contributed by atoms with E-state index in [1.807, 2.05) is 12.1 Å². The molecular formula is C16H14FNO2. The van der Waals surface area contributed by atoms with E-state index in [2.05, 4.69) is 4.90 Å². The van der Waals surface area contributed by atoms with Gasteiger partial charge in [0, 0.05) is 23.9 Å². The van der Waals surface area contributed by atoms with Crippen molar-refractivity contribution >= 4 is 5.69 Å². The van der Waals surface area contributed by atoms with Gasteiger partial charge in [-0.05, 0) is 36.2 Å². The highest BCUT2D eigenvalue weighted by Crippen LogP contribution is 2.43. The number of fused-ring (bicyclic) bond motifs is 2. The van der Waals surface area contributed by atoms with Gasteiger partial charge in [0.1, 0.15) is 23.9 Å². The SMILES string of the molecule is Oc1ccc2c(c1)OCC2N1CCc2ccc(F)cc21. The van der Waals surface area contributed by atoms with Crippen LogP contribution in [0.1, 0.15) is 17.2 Å². The second-order valence-electron chi connectivity index (χ2n) is 5.27. The van der Waals surface area contributed by atoms with E-state index >= 15 is 0 Å². The topological polar surface area (TPSA) is 32.7 Å². The van der Waals surface area contributed by atoms with Crippen LogP contribution < -0.4 is 9.64 Å². The maximum Gasteiger partial charge on any atom is 0.128 e. The lowest BCUT2D eigenvalue weighted by atomic mass is 10.1. The van der Waals surface area contributed by atoms with Gasteiger partial charge in [0.05, 0.1) is 6.04 Å². The fraction of sp³-hybridized carbons (Fsp3) is 0.250. The number of hydrogen-bond donors (Lipinski definition) is 1. The van der Waals surface area contributed by atoms with Gasteiger partial charge in [-0.15, -0.1) is 0 Å². The Labute approximate surface area is 116 Å². The van der Waals surface area contributed by atoms with Crippen molar-refractivity contribution in [3.63, 3.8) is 0 Å². The summed E-state index contributed by atoms with van der Waals surface area (Å²) in [6.45, 7) is 1.40. The zero-order valence-electron chi connectivity index (χ0n) is 10.8. The molecule has 0 aromatic heterocycles. The molecule has 0 amide bonds. The van der Waals surface area contributed by atoms with Crippen molar-refractivity contribution in [2.45, 2.75) is 12.5 Å². The fourth-order valence-electron chi connectivity index (χ4n) is 3.14. The van der Waals surface area contributed by atoms with Crippen LogP contribution >= 0.6 is 0 Å². The lowest BCUT2D eigenvalue weighted by Crippen LogP contribution is -2.27. The molecule has 0 saturated carbocycles. The van der Waals surface area contributed by atoms with Crippen molar-refractivity contribution in [1.82, 2.24) is 0 Å². The van der Waals surface area contributed by atoms with Crippen molar-refractivity contribution in [3.8, 4) is 11.5 Å². The zero-order chi connectivity index (χ0) is 13.7. The normalized spacial score (nSPS) is 19.6. The van der Waals surface area contributed by atoms with Gasteiger partial charge < -0.3 is 14.7 Å². The Morgan fingerprint density at radius 1 is 1.20 bits per heavy atom. The molecule has 0 aliphatic carbocycles. The Balaban J connectivity index is 1.74. The Morgan fingerprint density at radius 3 is 3.00 bits per heavy atom. The molecule has 1 N–H and O–H groups in total. The van der Waals surface area contributed by atoms with Crippen molar-refractivity contribution in [2.24, 2.45) is 0 Å². The third-order valence-electron chi connectivity index (χ3n) is 4.11. The van der Waals surface area contributed by atoms with Gasteiger partial charge in [0.15, 0.2) is 0 Å². The van der Waals surface area contributed by atoms with Crippen LogP contribution in [0.2, 0.25) is 0 Å². The monoisotopic (exact) mass is 271 g/mol. The van der Waals surface area contributed by atoms with Crippen LogP contribution in [-0.4, -0.2) is 18.3 Å². The summed E-state index contributed by atoms with van der Waals surface area (Å²) in [4.78, 5) is 2.20. The van der Waals surface area contributed by atoms with Gasteiger partial charge in [-0.1, -0.05) is 6.07 Å². The molecule has 2 aliphatic rings. The molecule has 0 saturated heterocycles. The Kier molecular flexibility index (Phi) is 2.39. The lowest BCUT2D eigenvalue weighted by molar-refractivity contribution is 0.326. The predicted molar refractivity (Wildman–Crippen MR) is 73.8 cm³/mol. The molecule has 0 radical (unpaired) electrons. The number of phenolic OH excluding ortho intramolecular Hbond substituents is 1. The fourth-order valence-corrected chi connectivity index (χ4v) is 3.14. The standard InChI is InChI=1S/C16H14FNO2/c17-11-2-1-10-5-6-18(14(10)7-11)15-9-20-16-8-12(19)3-4-13(15)16/h1-4,7-8,15,19H,5-6,9H2. The lowest BCUT2D eigenvalue weighted by Gasteiger charge is -2.26. The van der Waals surface area contributed by atoms with Crippen LogP contribution in [0, 0.1) is 5.82 Å². The smallest absolute Gasteiger partial charge is 0.128 e. The van der Waals surface area contributed by atoms with Crippen LogP contribution in [0.15, 0.2) is 36.4 Å². The van der Waals surface area contributed by atoms with Gasteiger partial charge >= 0.3 is 0 Å². The minimum atomic E-state index is -0.208. The molecule has 4 rings (SSSR count). The van der Waals surface area contributed by atoms with Crippen LogP contribution in [0.3, 0.4) is 0 Å². The van der Waals surface area contributed by atoms with Crippen molar-refractivity contribution in [3.05, 3.63) is 53.3 Å². The van der Waals surface area contributed by atoms with E-state index < -0.39 is 0 Å². The summed E-state index contributed by atoms with van der Waals surface area (Å²) >= 11 is 0.